The molecule has 0 aliphatic carbocycles. The quantitative estimate of drug-likeness (QED) is 0.928. The summed E-state index contributed by atoms with van der Waals surface area (Å²) >= 11 is 5.96. The number of aromatic nitrogens is 2. The number of nitrogens with zero attached hydrogens (tertiary/aromatic N) is 2. The molecule has 2 rings (SSSR count). The van der Waals surface area contributed by atoms with E-state index in [0.717, 1.165) is 0 Å². The van der Waals surface area contributed by atoms with Crippen LogP contribution in [-0.4, -0.2) is 22.6 Å². The van der Waals surface area contributed by atoms with Crippen molar-refractivity contribution in [3.8, 4) is 5.75 Å². The predicted molar refractivity (Wildman–Crippen MR) is 75.1 cm³/mol. The lowest BCUT2D eigenvalue weighted by molar-refractivity contribution is -0.116. The van der Waals surface area contributed by atoms with Crippen molar-refractivity contribution in [3.63, 3.8) is 0 Å². The lowest BCUT2D eigenvalue weighted by Gasteiger charge is -2.08. The van der Waals surface area contributed by atoms with E-state index in [4.69, 9.17) is 16.3 Å². The number of halogens is 1. The first-order valence-corrected chi connectivity index (χ1v) is 6.12. The molecule has 1 N–H and O–H groups in total. The van der Waals surface area contributed by atoms with Crippen LogP contribution in [0.2, 0.25) is 5.02 Å². The van der Waals surface area contributed by atoms with E-state index in [1.54, 1.807) is 18.2 Å². The number of hydrogen-bond donors (Lipinski definition) is 1. The molecule has 0 aliphatic rings. The maximum Gasteiger partial charge on any atom is 0.253 e. The molecule has 0 atom stereocenters. The number of amides is 1. The van der Waals surface area contributed by atoms with Crippen molar-refractivity contribution >= 4 is 23.2 Å². The van der Waals surface area contributed by atoms with Gasteiger partial charge >= 0.3 is 0 Å². The van der Waals surface area contributed by atoms with Crippen LogP contribution in [0.3, 0.4) is 0 Å². The molecule has 0 unspecified atom stereocenters. The van der Waals surface area contributed by atoms with Crippen LogP contribution in [0.4, 0.5) is 5.69 Å². The fraction of sp³-hybridized carbons (Fsp3) is 0.154. The molecular formula is C13H12ClN3O3. The normalized spacial score (nSPS) is 10.1. The van der Waals surface area contributed by atoms with Crippen LogP contribution in [0, 0.1) is 0 Å². The molecule has 0 saturated carbocycles. The smallest absolute Gasteiger partial charge is 0.253 e. The summed E-state index contributed by atoms with van der Waals surface area (Å²) in [5.41, 5.74) is 0.237. The molecule has 20 heavy (non-hydrogen) atoms. The van der Waals surface area contributed by atoms with Crippen molar-refractivity contribution in [2.45, 2.75) is 6.54 Å². The fourth-order valence-electron chi connectivity index (χ4n) is 1.60. The molecule has 1 aromatic heterocycles. The van der Waals surface area contributed by atoms with Crippen molar-refractivity contribution < 1.29 is 9.53 Å². The van der Waals surface area contributed by atoms with Crippen molar-refractivity contribution in [2.24, 2.45) is 0 Å². The number of benzene rings is 1. The average Bonchev–Trinajstić information content (AvgIpc) is 2.41. The van der Waals surface area contributed by atoms with Gasteiger partial charge in [0.1, 0.15) is 12.3 Å². The average molecular weight is 294 g/mol. The van der Waals surface area contributed by atoms with Crippen LogP contribution in [0.1, 0.15) is 0 Å². The molecule has 0 spiro atoms. The Bertz CT molecular complexity index is 685. The number of hydrogen-bond acceptors (Lipinski definition) is 4. The molecule has 6 nitrogen and oxygen atoms in total. The van der Waals surface area contributed by atoms with Crippen LogP contribution < -0.4 is 15.6 Å². The lowest BCUT2D eigenvalue weighted by Crippen LogP contribution is -2.26. The van der Waals surface area contributed by atoms with Gasteiger partial charge in [-0.1, -0.05) is 11.6 Å². The zero-order valence-electron chi connectivity index (χ0n) is 10.7. The first-order valence-electron chi connectivity index (χ1n) is 5.74. The first kappa shape index (κ1) is 14.1. The molecule has 1 heterocycles. The summed E-state index contributed by atoms with van der Waals surface area (Å²) in [6, 6.07) is 6.17. The van der Waals surface area contributed by atoms with Crippen molar-refractivity contribution in [2.75, 3.05) is 12.4 Å². The first-order chi connectivity index (χ1) is 9.60. The molecule has 2 aromatic rings. The molecular weight excluding hydrogens is 282 g/mol. The standard InChI is InChI=1S/C13H12ClN3O3/c1-20-11-3-2-9(6-10(11)14)16-12(18)7-17-8-15-5-4-13(17)19/h2-6,8H,7H2,1H3,(H,16,18). The molecule has 104 valence electrons. The van der Waals surface area contributed by atoms with Gasteiger partial charge in [-0.3, -0.25) is 14.2 Å². The van der Waals surface area contributed by atoms with Gasteiger partial charge < -0.3 is 10.1 Å². The second-order valence-corrected chi connectivity index (χ2v) is 4.35. The third-order valence-corrected chi connectivity index (χ3v) is 2.84. The van der Waals surface area contributed by atoms with Gasteiger partial charge in [0.05, 0.1) is 18.5 Å². The highest BCUT2D eigenvalue weighted by Gasteiger charge is 2.07. The second-order valence-electron chi connectivity index (χ2n) is 3.94. The summed E-state index contributed by atoms with van der Waals surface area (Å²) in [5.74, 6) is 0.175. The van der Waals surface area contributed by atoms with Gasteiger partial charge in [-0.05, 0) is 18.2 Å². The minimum atomic E-state index is -0.346. The number of methoxy groups -OCH3 is 1. The molecule has 0 bridgehead atoms. The van der Waals surface area contributed by atoms with Gasteiger partial charge in [0.25, 0.3) is 5.56 Å². The van der Waals surface area contributed by atoms with Crippen LogP contribution >= 0.6 is 11.6 Å². The van der Waals surface area contributed by atoms with Gasteiger partial charge in [0.15, 0.2) is 0 Å². The summed E-state index contributed by atoms with van der Waals surface area (Å²) in [4.78, 5) is 27.1. The van der Waals surface area contributed by atoms with Crippen LogP contribution in [0.5, 0.6) is 5.75 Å². The molecule has 1 amide bonds. The van der Waals surface area contributed by atoms with E-state index in [1.165, 1.54) is 30.3 Å². The molecule has 1 aromatic carbocycles. The maximum atomic E-state index is 11.8. The van der Waals surface area contributed by atoms with E-state index >= 15 is 0 Å². The number of anilines is 1. The predicted octanol–water partition coefficient (Wildman–Crippen LogP) is 1.54. The van der Waals surface area contributed by atoms with E-state index in [9.17, 15) is 9.59 Å². The molecule has 0 radical (unpaired) electrons. The second kappa shape index (κ2) is 6.21. The highest BCUT2D eigenvalue weighted by atomic mass is 35.5. The van der Waals surface area contributed by atoms with Gasteiger partial charge in [0, 0.05) is 18.0 Å². The largest absolute Gasteiger partial charge is 0.495 e. The Hall–Kier alpha value is -2.34. The summed E-state index contributed by atoms with van der Waals surface area (Å²) in [6.45, 7) is -0.115. The molecule has 0 saturated heterocycles. The fourth-order valence-corrected chi connectivity index (χ4v) is 1.85. The lowest BCUT2D eigenvalue weighted by atomic mass is 10.3. The van der Waals surface area contributed by atoms with E-state index in [2.05, 4.69) is 10.3 Å². The summed E-state index contributed by atoms with van der Waals surface area (Å²) in [5, 5.41) is 3.04. The van der Waals surface area contributed by atoms with Crippen molar-refractivity contribution in [3.05, 3.63) is 52.2 Å². The van der Waals surface area contributed by atoms with Gasteiger partial charge in [-0.25, -0.2) is 4.98 Å². The third-order valence-electron chi connectivity index (χ3n) is 2.54. The third kappa shape index (κ3) is 3.36. The SMILES string of the molecule is COc1ccc(NC(=O)Cn2cnccc2=O)cc1Cl. The zero-order chi connectivity index (χ0) is 14.5. The topological polar surface area (TPSA) is 73.2 Å². The van der Waals surface area contributed by atoms with E-state index in [-0.39, 0.29) is 18.0 Å². The highest BCUT2D eigenvalue weighted by Crippen LogP contribution is 2.27. The minimum absolute atomic E-state index is 0.115. The Balaban J connectivity index is 2.07. The zero-order valence-corrected chi connectivity index (χ0v) is 11.4. The Morgan fingerprint density at radius 2 is 2.25 bits per heavy atom. The molecule has 0 aliphatic heterocycles. The van der Waals surface area contributed by atoms with Gasteiger partial charge in [-0.2, -0.15) is 0 Å². The van der Waals surface area contributed by atoms with Crippen molar-refractivity contribution in [1.82, 2.24) is 9.55 Å². The summed E-state index contributed by atoms with van der Waals surface area (Å²) in [6.07, 6.45) is 2.68. The number of nitrogens with one attached hydrogen (secondary N) is 1. The van der Waals surface area contributed by atoms with E-state index in [0.29, 0.717) is 16.5 Å². The highest BCUT2D eigenvalue weighted by molar-refractivity contribution is 6.32. The minimum Gasteiger partial charge on any atom is -0.495 e. The summed E-state index contributed by atoms with van der Waals surface area (Å²) < 4.78 is 6.23. The van der Waals surface area contributed by atoms with Crippen LogP contribution in [-0.2, 0) is 11.3 Å². The van der Waals surface area contributed by atoms with Crippen molar-refractivity contribution in [1.29, 1.82) is 0 Å². The van der Waals surface area contributed by atoms with E-state index in [1.807, 2.05) is 0 Å². The Kier molecular flexibility index (Phi) is 4.37. The maximum absolute atomic E-state index is 11.8. The number of carbonyl (C=O) groups excluding carboxylic acids is 1. The van der Waals surface area contributed by atoms with Crippen LogP contribution in [0.15, 0.2) is 41.6 Å². The number of rotatable bonds is 4. The van der Waals surface area contributed by atoms with Crippen LogP contribution in [0.25, 0.3) is 0 Å². The van der Waals surface area contributed by atoms with Gasteiger partial charge in [-0.15, -0.1) is 0 Å². The molecule has 0 fully saturated rings. The monoisotopic (exact) mass is 293 g/mol. The number of carbonyl (C=O) groups is 1. The Labute approximate surface area is 120 Å². The van der Waals surface area contributed by atoms with Gasteiger partial charge in [0.2, 0.25) is 5.91 Å². The number of ether oxygens (including phenoxy) is 1. The van der Waals surface area contributed by atoms with E-state index < -0.39 is 0 Å². The Morgan fingerprint density at radius 3 is 2.90 bits per heavy atom. The summed E-state index contributed by atoms with van der Waals surface area (Å²) in [7, 11) is 1.51. The molecule has 7 heteroatoms. The Morgan fingerprint density at radius 1 is 1.45 bits per heavy atom.